The highest BCUT2D eigenvalue weighted by atomic mass is 32.2. The SMILES string of the molecule is CC1CCN(C(=S)SCC(=O)Nc2nnc(C(C)(C)C)s2)CC1. The summed E-state index contributed by atoms with van der Waals surface area (Å²) >= 11 is 8.28. The molecular formula is C15H24N4OS3. The van der Waals surface area contributed by atoms with Gasteiger partial charge in [-0.1, -0.05) is 63.0 Å². The Kier molecular flexibility index (Phi) is 6.39. The van der Waals surface area contributed by atoms with E-state index in [0.717, 1.165) is 28.3 Å². The van der Waals surface area contributed by atoms with E-state index in [1.807, 2.05) is 0 Å². The second-order valence-corrected chi connectivity index (χ2v) is 9.52. The van der Waals surface area contributed by atoms with Gasteiger partial charge in [0.25, 0.3) is 0 Å². The molecule has 1 aliphatic rings. The van der Waals surface area contributed by atoms with Crippen LogP contribution in [0.1, 0.15) is 45.5 Å². The predicted octanol–water partition coefficient (Wildman–Crippen LogP) is 3.52. The number of hydrogen-bond acceptors (Lipinski definition) is 6. The summed E-state index contributed by atoms with van der Waals surface area (Å²) in [5.41, 5.74) is -0.0532. The molecule has 1 aromatic heterocycles. The van der Waals surface area contributed by atoms with E-state index in [1.165, 1.54) is 35.9 Å². The van der Waals surface area contributed by atoms with Crippen LogP contribution < -0.4 is 5.32 Å². The number of anilines is 1. The van der Waals surface area contributed by atoms with E-state index in [9.17, 15) is 4.79 Å². The molecule has 0 bridgehead atoms. The summed E-state index contributed by atoms with van der Waals surface area (Å²) in [5.74, 6) is 1.01. The lowest BCUT2D eigenvalue weighted by Crippen LogP contribution is -2.36. The third kappa shape index (κ3) is 5.69. The van der Waals surface area contributed by atoms with Crippen LogP contribution in [0.25, 0.3) is 0 Å². The number of likely N-dealkylation sites (tertiary alicyclic amines) is 1. The zero-order chi connectivity index (χ0) is 17.0. The van der Waals surface area contributed by atoms with Gasteiger partial charge in [-0.3, -0.25) is 10.1 Å². The van der Waals surface area contributed by atoms with Gasteiger partial charge in [0.1, 0.15) is 9.33 Å². The Morgan fingerprint density at radius 3 is 2.61 bits per heavy atom. The minimum absolute atomic E-state index is 0.0532. The number of amides is 1. The lowest BCUT2D eigenvalue weighted by Gasteiger charge is -2.31. The van der Waals surface area contributed by atoms with Crippen LogP contribution >= 0.6 is 35.3 Å². The number of carbonyl (C=O) groups is 1. The first kappa shape index (κ1) is 18.6. The molecule has 23 heavy (non-hydrogen) atoms. The Bertz CT molecular complexity index is 559. The molecule has 1 aliphatic heterocycles. The number of carbonyl (C=O) groups excluding carboxylic acids is 1. The maximum atomic E-state index is 12.0. The van der Waals surface area contributed by atoms with Crippen molar-refractivity contribution in [2.45, 2.75) is 46.0 Å². The number of piperidine rings is 1. The summed E-state index contributed by atoms with van der Waals surface area (Å²) in [6.45, 7) is 10.5. The van der Waals surface area contributed by atoms with E-state index in [2.05, 4.69) is 48.1 Å². The Morgan fingerprint density at radius 2 is 2.04 bits per heavy atom. The van der Waals surface area contributed by atoms with Gasteiger partial charge in [0, 0.05) is 18.5 Å². The molecule has 128 valence electrons. The molecule has 2 heterocycles. The minimum Gasteiger partial charge on any atom is -0.357 e. The standard InChI is InChI=1S/C15H24N4OS3/c1-10-5-7-19(8-6-10)14(21)22-9-11(20)16-13-18-17-12(23-13)15(2,3)4/h10H,5-9H2,1-4H3,(H,16,18,20). The average molecular weight is 373 g/mol. The third-order valence-electron chi connectivity index (χ3n) is 3.68. The van der Waals surface area contributed by atoms with Crippen molar-refractivity contribution in [3.05, 3.63) is 5.01 Å². The van der Waals surface area contributed by atoms with E-state index in [0.29, 0.717) is 10.9 Å². The minimum atomic E-state index is -0.0839. The first-order chi connectivity index (χ1) is 10.8. The molecular weight excluding hydrogens is 348 g/mol. The number of nitrogens with zero attached hydrogens (tertiary/aromatic N) is 3. The number of thioether (sulfide) groups is 1. The monoisotopic (exact) mass is 372 g/mol. The van der Waals surface area contributed by atoms with Crippen molar-refractivity contribution in [1.29, 1.82) is 0 Å². The van der Waals surface area contributed by atoms with Crippen molar-refractivity contribution in [2.75, 3.05) is 24.2 Å². The normalized spacial score (nSPS) is 16.4. The van der Waals surface area contributed by atoms with Gasteiger partial charge in [-0.15, -0.1) is 10.2 Å². The molecule has 8 heteroatoms. The van der Waals surface area contributed by atoms with Crippen molar-refractivity contribution in [3.8, 4) is 0 Å². The molecule has 0 aliphatic carbocycles. The summed E-state index contributed by atoms with van der Waals surface area (Å²) in [6.07, 6.45) is 2.35. The number of hydrogen-bond donors (Lipinski definition) is 1. The molecule has 0 atom stereocenters. The van der Waals surface area contributed by atoms with Gasteiger partial charge in [0.2, 0.25) is 11.0 Å². The Hall–Kier alpha value is -0.730. The summed E-state index contributed by atoms with van der Waals surface area (Å²) < 4.78 is 0.819. The van der Waals surface area contributed by atoms with Crippen LogP contribution in [0.4, 0.5) is 5.13 Å². The topological polar surface area (TPSA) is 58.1 Å². The maximum Gasteiger partial charge on any atom is 0.236 e. The molecule has 1 aromatic rings. The zero-order valence-corrected chi connectivity index (χ0v) is 16.5. The van der Waals surface area contributed by atoms with Crippen molar-refractivity contribution < 1.29 is 4.79 Å². The average Bonchev–Trinajstić information content (AvgIpc) is 2.94. The number of nitrogens with one attached hydrogen (secondary N) is 1. The molecule has 1 amide bonds. The second-order valence-electron chi connectivity index (χ2n) is 6.93. The van der Waals surface area contributed by atoms with E-state index < -0.39 is 0 Å². The van der Waals surface area contributed by atoms with Gasteiger partial charge in [0.15, 0.2) is 0 Å². The predicted molar refractivity (Wildman–Crippen MR) is 102 cm³/mol. The Labute approximate surface area is 151 Å². The Balaban J connectivity index is 1.77. The van der Waals surface area contributed by atoms with Gasteiger partial charge in [-0.2, -0.15) is 0 Å². The van der Waals surface area contributed by atoms with Crippen LogP contribution in [-0.4, -0.2) is 44.2 Å². The van der Waals surface area contributed by atoms with Crippen LogP contribution in [0.5, 0.6) is 0 Å². The van der Waals surface area contributed by atoms with Crippen LogP contribution in [0.2, 0.25) is 0 Å². The third-order valence-corrected chi connectivity index (χ3v) is 6.47. The molecule has 0 saturated carbocycles. The van der Waals surface area contributed by atoms with Crippen molar-refractivity contribution in [2.24, 2.45) is 5.92 Å². The van der Waals surface area contributed by atoms with Gasteiger partial charge in [0.05, 0.1) is 5.75 Å². The highest BCUT2D eigenvalue weighted by Crippen LogP contribution is 2.27. The summed E-state index contributed by atoms with van der Waals surface area (Å²) in [5, 5.41) is 12.4. The highest BCUT2D eigenvalue weighted by molar-refractivity contribution is 8.23. The van der Waals surface area contributed by atoms with Gasteiger partial charge in [-0.05, 0) is 18.8 Å². The number of rotatable bonds is 3. The highest BCUT2D eigenvalue weighted by Gasteiger charge is 2.21. The summed E-state index contributed by atoms with van der Waals surface area (Å²) in [7, 11) is 0. The van der Waals surface area contributed by atoms with E-state index >= 15 is 0 Å². The van der Waals surface area contributed by atoms with Gasteiger partial charge < -0.3 is 4.90 Å². The van der Waals surface area contributed by atoms with Gasteiger partial charge in [-0.25, -0.2) is 0 Å². The fourth-order valence-corrected chi connectivity index (χ4v) is 4.01. The fourth-order valence-electron chi connectivity index (χ4n) is 2.14. The Morgan fingerprint density at radius 1 is 1.39 bits per heavy atom. The van der Waals surface area contributed by atoms with Crippen molar-refractivity contribution in [3.63, 3.8) is 0 Å². The fraction of sp³-hybridized carbons (Fsp3) is 0.733. The van der Waals surface area contributed by atoms with Gasteiger partial charge >= 0.3 is 0 Å². The van der Waals surface area contributed by atoms with Crippen molar-refractivity contribution >= 4 is 50.7 Å². The first-order valence-corrected chi connectivity index (χ1v) is 10.0. The molecule has 5 nitrogen and oxygen atoms in total. The van der Waals surface area contributed by atoms with Crippen LogP contribution in [0.15, 0.2) is 0 Å². The molecule has 1 N–H and O–H groups in total. The van der Waals surface area contributed by atoms with E-state index in [1.54, 1.807) is 0 Å². The second kappa shape index (κ2) is 7.90. The lowest BCUT2D eigenvalue weighted by molar-refractivity contribution is -0.113. The molecule has 1 saturated heterocycles. The maximum absolute atomic E-state index is 12.0. The summed E-state index contributed by atoms with van der Waals surface area (Å²) in [6, 6.07) is 0. The van der Waals surface area contributed by atoms with E-state index in [-0.39, 0.29) is 11.3 Å². The van der Waals surface area contributed by atoms with E-state index in [4.69, 9.17) is 12.2 Å². The number of thiocarbonyl (C=S) groups is 1. The molecule has 1 fully saturated rings. The lowest BCUT2D eigenvalue weighted by atomic mass is 9.98. The molecule has 0 unspecified atom stereocenters. The zero-order valence-electron chi connectivity index (χ0n) is 14.1. The molecule has 0 spiro atoms. The molecule has 2 rings (SSSR count). The quantitative estimate of drug-likeness (QED) is 0.819. The van der Waals surface area contributed by atoms with Crippen molar-refractivity contribution in [1.82, 2.24) is 15.1 Å². The summed E-state index contributed by atoms with van der Waals surface area (Å²) in [4.78, 5) is 14.2. The van der Waals surface area contributed by atoms with Crippen LogP contribution in [0.3, 0.4) is 0 Å². The van der Waals surface area contributed by atoms with Crippen LogP contribution in [-0.2, 0) is 10.2 Å². The smallest absolute Gasteiger partial charge is 0.236 e. The molecule has 0 radical (unpaired) electrons. The largest absolute Gasteiger partial charge is 0.357 e. The first-order valence-electron chi connectivity index (χ1n) is 7.81. The van der Waals surface area contributed by atoms with Crippen LogP contribution in [0, 0.1) is 5.92 Å². The molecule has 0 aromatic carbocycles. The number of aromatic nitrogens is 2.